The number of halogens is 2. The van der Waals surface area contributed by atoms with E-state index in [2.05, 4.69) is 50.9 Å². The molecule has 1 nitrogen and oxygen atoms in total. The molecule has 0 amide bonds. The van der Waals surface area contributed by atoms with E-state index in [1.165, 1.54) is 37.7 Å². The Kier molecular flexibility index (Phi) is 4.76. The molecule has 100 valence electrons. The van der Waals surface area contributed by atoms with Gasteiger partial charge < -0.3 is 4.74 Å². The molecule has 3 heteroatoms. The summed E-state index contributed by atoms with van der Waals surface area (Å²) < 4.78 is 6.39. The summed E-state index contributed by atoms with van der Waals surface area (Å²) in [5.74, 6) is 0.902. The number of benzene rings is 1. The van der Waals surface area contributed by atoms with Crippen molar-refractivity contribution in [3.05, 3.63) is 28.2 Å². The van der Waals surface area contributed by atoms with Crippen LogP contribution < -0.4 is 4.74 Å². The summed E-state index contributed by atoms with van der Waals surface area (Å²) in [5.41, 5.74) is 1.70. The van der Waals surface area contributed by atoms with Crippen LogP contribution in [0.1, 0.15) is 49.4 Å². The lowest BCUT2D eigenvalue weighted by atomic mass is 9.72. The Labute approximate surface area is 127 Å². The van der Waals surface area contributed by atoms with Crippen LogP contribution in [0.3, 0.4) is 0 Å². The highest BCUT2D eigenvalue weighted by Crippen LogP contribution is 2.51. The standard InChI is InChI=1S/C15H20Br2O/c1-15(8-4-3-5-9-15)14(17)12-7-6-11(18-2)10-13(12)16/h6-7,10,14H,3-5,8-9H2,1-2H3. The number of hydrogen-bond donors (Lipinski definition) is 0. The third-order valence-electron chi connectivity index (χ3n) is 4.09. The van der Waals surface area contributed by atoms with Crippen molar-refractivity contribution in [3.63, 3.8) is 0 Å². The molecule has 1 aliphatic carbocycles. The van der Waals surface area contributed by atoms with Crippen molar-refractivity contribution >= 4 is 31.9 Å². The van der Waals surface area contributed by atoms with Gasteiger partial charge in [-0.15, -0.1) is 0 Å². The van der Waals surface area contributed by atoms with Gasteiger partial charge in [-0.3, -0.25) is 0 Å². The predicted octanol–water partition coefficient (Wildman–Crippen LogP) is 5.86. The van der Waals surface area contributed by atoms with E-state index in [4.69, 9.17) is 4.74 Å². The molecule has 1 aromatic rings. The maximum Gasteiger partial charge on any atom is 0.120 e. The first-order valence-electron chi connectivity index (χ1n) is 6.54. The van der Waals surface area contributed by atoms with E-state index in [0.717, 1.165) is 10.2 Å². The van der Waals surface area contributed by atoms with Crippen molar-refractivity contribution in [1.82, 2.24) is 0 Å². The van der Waals surface area contributed by atoms with Crippen molar-refractivity contribution in [2.24, 2.45) is 5.41 Å². The second kappa shape index (κ2) is 5.96. The van der Waals surface area contributed by atoms with Crippen molar-refractivity contribution in [1.29, 1.82) is 0 Å². The topological polar surface area (TPSA) is 9.23 Å². The van der Waals surface area contributed by atoms with Crippen molar-refractivity contribution in [3.8, 4) is 5.75 Å². The average molecular weight is 376 g/mol. The third kappa shape index (κ3) is 2.93. The first-order chi connectivity index (χ1) is 8.57. The number of alkyl halides is 1. The van der Waals surface area contributed by atoms with Crippen LogP contribution in [0.2, 0.25) is 0 Å². The summed E-state index contributed by atoms with van der Waals surface area (Å²) in [6.45, 7) is 2.41. The predicted molar refractivity (Wildman–Crippen MR) is 83.6 cm³/mol. The van der Waals surface area contributed by atoms with Crippen LogP contribution in [0, 0.1) is 5.41 Å². The van der Waals surface area contributed by atoms with Crippen LogP contribution in [0.15, 0.2) is 22.7 Å². The number of methoxy groups -OCH3 is 1. The second-order valence-corrected chi connectivity index (χ2v) is 7.23. The van der Waals surface area contributed by atoms with Gasteiger partial charge in [0.2, 0.25) is 0 Å². The molecule has 1 atom stereocenters. The van der Waals surface area contributed by atoms with Gasteiger partial charge in [-0.2, -0.15) is 0 Å². The Bertz CT molecular complexity index is 411. The van der Waals surface area contributed by atoms with Gasteiger partial charge in [0.25, 0.3) is 0 Å². The maximum atomic E-state index is 5.26. The summed E-state index contributed by atoms with van der Waals surface area (Å²) in [4.78, 5) is 0.408. The molecule has 0 heterocycles. The summed E-state index contributed by atoms with van der Waals surface area (Å²) >= 11 is 7.60. The molecule has 0 bridgehead atoms. The van der Waals surface area contributed by atoms with Gasteiger partial charge in [-0.1, -0.05) is 64.1 Å². The molecule has 1 saturated carbocycles. The molecule has 0 aliphatic heterocycles. The fourth-order valence-electron chi connectivity index (χ4n) is 2.83. The second-order valence-electron chi connectivity index (χ2n) is 5.46. The van der Waals surface area contributed by atoms with Gasteiger partial charge in [0.15, 0.2) is 0 Å². The van der Waals surface area contributed by atoms with E-state index in [9.17, 15) is 0 Å². The van der Waals surface area contributed by atoms with Gasteiger partial charge in [-0.05, 0) is 36.0 Å². The van der Waals surface area contributed by atoms with Crippen LogP contribution in [0.5, 0.6) is 5.75 Å². The van der Waals surface area contributed by atoms with Crippen molar-refractivity contribution < 1.29 is 4.74 Å². The maximum absolute atomic E-state index is 5.26. The quantitative estimate of drug-likeness (QED) is 0.600. The van der Waals surface area contributed by atoms with Gasteiger partial charge in [0.05, 0.1) is 7.11 Å². The summed E-state index contributed by atoms with van der Waals surface area (Å²) in [7, 11) is 1.70. The first-order valence-corrected chi connectivity index (χ1v) is 8.25. The van der Waals surface area contributed by atoms with Crippen molar-refractivity contribution in [2.45, 2.75) is 43.9 Å². The highest BCUT2D eigenvalue weighted by atomic mass is 79.9. The minimum Gasteiger partial charge on any atom is -0.497 e. The van der Waals surface area contributed by atoms with Gasteiger partial charge in [-0.25, -0.2) is 0 Å². The average Bonchev–Trinajstić information content (AvgIpc) is 2.38. The zero-order valence-corrected chi connectivity index (χ0v) is 14.2. The number of rotatable bonds is 3. The Morgan fingerprint density at radius 3 is 2.44 bits per heavy atom. The lowest BCUT2D eigenvalue weighted by Crippen LogP contribution is -2.25. The lowest BCUT2D eigenvalue weighted by molar-refractivity contribution is 0.212. The number of hydrogen-bond acceptors (Lipinski definition) is 1. The zero-order chi connectivity index (χ0) is 13.2. The van der Waals surface area contributed by atoms with E-state index in [-0.39, 0.29) is 0 Å². The molecular weight excluding hydrogens is 356 g/mol. The fourth-order valence-corrected chi connectivity index (χ4v) is 4.58. The first kappa shape index (κ1) is 14.4. The molecule has 1 unspecified atom stereocenters. The monoisotopic (exact) mass is 374 g/mol. The molecule has 0 spiro atoms. The lowest BCUT2D eigenvalue weighted by Gasteiger charge is -2.38. The normalized spacial score (nSPS) is 20.4. The molecule has 0 N–H and O–H groups in total. The molecule has 1 aliphatic rings. The van der Waals surface area contributed by atoms with Crippen LogP contribution in [0.4, 0.5) is 0 Å². The van der Waals surface area contributed by atoms with Crippen LogP contribution >= 0.6 is 31.9 Å². The largest absolute Gasteiger partial charge is 0.497 e. The Morgan fingerprint density at radius 2 is 1.89 bits per heavy atom. The fraction of sp³-hybridized carbons (Fsp3) is 0.600. The molecule has 0 aromatic heterocycles. The van der Waals surface area contributed by atoms with Crippen LogP contribution in [0.25, 0.3) is 0 Å². The molecule has 2 rings (SSSR count). The SMILES string of the molecule is COc1ccc(C(Br)C2(C)CCCCC2)c(Br)c1. The van der Waals surface area contributed by atoms with E-state index in [0.29, 0.717) is 10.2 Å². The van der Waals surface area contributed by atoms with Gasteiger partial charge >= 0.3 is 0 Å². The smallest absolute Gasteiger partial charge is 0.120 e. The Morgan fingerprint density at radius 1 is 1.22 bits per heavy atom. The highest BCUT2D eigenvalue weighted by Gasteiger charge is 2.35. The van der Waals surface area contributed by atoms with E-state index < -0.39 is 0 Å². The summed E-state index contributed by atoms with van der Waals surface area (Å²) in [6.07, 6.45) is 6.71. The summed E-state index contributed by atoms with van der Waals surface area (Å²) in [5, 5.41) is 0. The number of ether oxygens (including phenoxy) is 1. The third-order valence-corrected chi connectivity index (χ3v) is 6.37. The zero-order valence-electron chi connectivity index (χ0n) is 11.0. The highest BCUT2D eigenvalue weighted by molar-refractivity contribution is 9.11. The van der Waals surface area contributed by atoms with Gasteiger partial charge in [0, 0.05) is 9.30 Å². The van der Waals surface area contributed by atoms with Crippen LogP contribution in [-0.4, -0.2) is 7.11 Å². The molecule has 1 aromatic carbocycles. The van der Waals surface area contributed by atoms with Crippen molar-refractivity contribution in [2.75, 3.05) is 7.11 Å². The molecule has 0 saturated heterocycles. The molecular formula is C15H20Br2O. The molecule has 1 fully saturated rings. The van der Waals surface area contributed by atoms with E-state index >= 15 is 0 Å². The van der Waals surface area contributed by atoms with E-state index in [1.807, 2.05) is 6.07 Å². The Balaban J connectivity index is 2.24. The van der Waals surface area contributed by atoms with E-state index in [1.54, 1.807) is 7.11 Å². The molecule has 18 heavy (non-hydrogen) atoms. The summed E-state index contributed by atoms with van der Waals surface area (Å²) in [6, 6.07) is 6.26. The van der Waals surface area contributed by atoms with Crippen LogP contribution in [-0.2, 0) is 0 Å². The molecule has 0 radical (unpaired) electrons. The minimum absolute atomic E-state index is 0.370. The van der Waals surface area contributed by atoms with Gasteiger partial charge in [0.1, 0.15) is 5.75 Å². The minimum atomic E-state index is 0.370. The Hall–Kier alpha value is -0.0200.